The molecule has 0 atom stereocenters. The van der Waals surface area contributed by atoms with Crippen molar-refractivity contribution in [2.75, 3.05) is 5.01 Å². The van der Waals surface area contributed by atoms with Crippen molar-refractivity contribution in [2.45, 2.75) is 0 Å². The number of benzene rings is 3. The molecule has 2 amide bonds. The highest BCUT2D eigenvalue weighted by Gasteiger charge is 2.34. The van der Waals surface area contributed by atoms with E-state index in [0.717, 1.165) is 11.3 Å². The van der Waals surface area contributed by atoms with Crippen molar-refractivity contribution in [3.8, 4) is 16.9 Å². The Balaban J connectivity index is 1.59. The summed E-state index contributed by atoms with van der Waals surface area (Å²) in [6.07, 6.45) is 3.44. The molecule has 5 rings (SSSR count). The molecule has 0 spiro atoms. The number of carbonyl (C=O) groups excluding carboxylic acids is 2. The number of hydrogen-bond acceptors (Lipinski definition) is 3. The molecule has 0 bridgehead atoms. The molecule has 1 N–H and O–H groups in total. The number of para-hydroxylation sites is 2. The van der Waals surface area contributed by atoms with E-state index in [0.29, 0.717) is 16.9 Å². The van der Waals surface area contributed by atoms with Crippen LogP contribution in [0.3, 0.4) is 0 Å². The average molecular weight is 406 g/mol. The van der Waals surface area contributed by atoms with Crippen LogP contribution < -0.4 is 10.4 Å². The van der Waals surface area contributed by atoms with Gasteiger partial charge in [0.25, 0.3) is 11.8 Å². The van der Waals surface area contributed by atoms with Gasteiger partial charge in [-0.15, -0.1) is 0 Å². The van der Waals surface area contributed by atoms with Gasteiger partial charge < -0.3 is 0 Å². The summed E-state index contributed by atoms with van der Waals surface area (Å²) in [4.78, 5) is 25.6. The van der Waals surface area contributed by atoms with E-state index in [1.165, 1.54) is 5.01 Å². The number of aromatic nitrogens is 2. The fourth-order valence-corrected chi connectivity index (χ4v) is 3.50. The van der Waals surface area contributed by atoms with Crippen LogP contribution in [-0.4, -0.2) is 21.6 Å². The maximum atomic E-state index is 13.0. The number of anilines is 1. The van der Waals surface area contributed by atoms with Gasteiger partial charge in [-0.25, -0.2) is 9.69 Å². The second-order valence-corrected chi connectivity index (χ2v) is 7.05. The SMILES string of the molecule is O=C1NN(c2ccccc2)C(=O)/C1=C/c1cn(-c2ccccc2)nc1-c1ccccc1. The molecule has 2 heterocycles. The van der Waals surface area contributed by atoms with E-state index in [2.05, 4.69) is 5.43 Å². The lowest BCUT2D eigenvalue weighted by molar-refractivity contribution is -0.117. The van der Waals surface area contributed by atoms with Crippen molar-refractivity contribution in [1.82, 2.24) is 15.2 Å². The first-order valence-electron chi connectivity index (χ1n) is 9.83. The predicted molar refractivity (Wildman–Crippen MR) is 119 cm³/mol. The normalized spacial score (nSPS) is 14.8. The average Bonchev–Trinajstić information content (AvgIpc) is 3.37. The minimum absolute atomic E-state index is 0.0636. The fraction of sp³-hybridized carbons (Fsp3) is 0. The molecule has 1 aliphatic rings. The summed E-state index contributed by atoms with van der Waals surface area (Å²) in [6, 6.07) is 28.4. The number of nitrogens with one attached hydrogen (secondary N) is 1. The predicted octanol–water partition coefficient (Wildman–Crippen LogP) is 4.00. The van der Waals surface area contributed by atoms with Gasteiger partial charge in [0.15, 0.2) is 0 Å². The first-order chi connectivity index (χ1) is 15.2. The van der Waals surface area contributed by atoms with Gasteiger partial charge in [0.05, 0.1) is 17.1 Å². The van der Waals surface area contributed by atoms with Crippen molar-refractivity contribution in [3.63, 3.8) is 0 Å². The van der Waals surface area contributed by atoms with Crippen LogP contribution in [0, 0.1) is 0 Å². The molecule has 4 aromatic rings. The molecule has 1 fully saturated rings. The summed E-state index contributed by atoms with van der Waals surface area (Å²) in [7, 11) is 0. The van der Waals surface area contributed by atoms with Crippen LogP contribution in [-0.2, 0) is 9.59 Å². The Kier molecular flexibility index (Phi) is 4.65. The standard InChI is InChI=1S/C25H18N4O2/c30-24-22(25(31)29(27-24)21-14-8-3-9-15-21)16-19-17-28(20-12-6-2-7-13-20)26-23(19)18-10-4-1-5-11-18/h1-17H,(H,27,30)/b22-16+. The molecule has 150 valence electrons. The van der Waals surface area contributed by atoms with Gasteiger partial charge in [-0.2, -0.15) is 5.10 Å². The molecule has 0 aliphatic carbocycles. The molecular weight excluding hydrogens is 388 g/mol. The first kappa shape index (κ1) is 18.6. The lowest BCUT2D eigenvalue weighted by Gasteiger charge is -2.13. The minimum Gasteiger partial charge on any atom is -0.267 e. The quantitative estimate of drug-likeness (QED) is 0.411. The largest absolute Gasteiger partial charge is 0.282 e. The topological polar surface area (TPSA) is 67.2 Å². The van der Waals surface area contributed by atoms with E-state index in [9.17, 15) is 9.59 Å². The highest BCUT2D eigenvalue weighted by Crippen LogP contribution is 2.28. The number of hydrazine groups is 1. The Hall–Kier alpha value is -4.45. The molecule has 6 nitrogen and oxygen atoms in total. The Labute approximate surface area is 179 Å². The van der Waals surface area contributed by atoms with Crippen LogP contribution in [0.25, 0.3) is 23.0 Å². The van der Waals surface area contributed by atoms with Crippen molar-refractivity contribution in [1.29, 1.82) is 0 Å². The maximum Gasteiger partial charge on any atom is 0.282 e. The maximum absolute atomic E-state index is 13.0. The van der Waals surface area contributed by atoms with Crippen LogP contribution in [0.15, 0.2) is 103 Å². The van der Waals surface area contributed by atoms with Gasteiger partial charge in [0.2, 0.25) is 0 Å². The Bertz CT molecular complexity index is 1280. The van der Waals surface area contributed by atoms with E-state index in [4.69, 9.17) is 5.10 Å². The second kappa shape index (κ2) is 7.76. The van der Waals surface area contributed by atoms with E-state index in [1.807, 2.05) is 85.1 Å². The van der Waals surface area contributed by atoms with Crippen LogP contribution in [0.2, 0.25) is 0 Å². The molecule has 3 aromatic carbocycles. The van der Waals surface area contributed by atoms with Gasteiger partial charge in [0, 0.05) is 17.3 Å². The number of amides is 2. The van der Waals surface area contributed by atoms with Crippen molar-refractivity contribution >= 4 is 23.6 Å². The van der Waals surface area contributed by atoms with Crippen molar-refractivity contribution in [3.05, 3.63) is 108 Å². The number of nitrogens with zero attached hydrogens (tertiary/aromatic N) is 3. The zero-order chi connectivity index (χ0) is 21.2. The van der Waals surface area contributed by atoms with E-state index < -0.39 is 11.8 Å². The van der Waals surface area contributed by atoms with Crippen LogP contribution >= 0.6 is 0 Å². The Morgan fingerprint density at radius 1 is 0.742 bits per heavy atom. The number of carbonyl (C=O) groups is 2. The molecule has 1 aliphatic heterocycles. The summed E-state index contributed by atoms with van der Waals surface area (Å²) in [6.45, 7) is 0. The number of rotatable bonds is 4. The first-order valence-corrected chi connectivity index (χ1v) is 9.83. The third-order valence-electron chi connectivity index (χ3n) is 5.02. The van der Waals surface area contributed by atoms with Crippen LogP contribution in [0.4, 0.5) is 5.69 Å². The molecule has 0 unspecified atom stereocenters. The molecule has 1 saturated heterocycles. The highest BCUT2D eigenvalue weighted by atomic mass is 16.2. The molecule has 1 aromatic heterocycles. The summed E-state index contributed by atoms with van der Waals surface area (Å²) in [5, 5.41) is 6.00. The van der Waals surface area contributed by atoms with Crippen molar-refractivity contribution < 1.29 is 9.59 Å². The minimum atomic E-state index is -0.444. The Morgan fingerprint density at radius 3 is 1.97 bits per heavy atom. The molecule has 0 saturated carbocycles. The smallest absolute Gasteiger partial charge is 0.267 e. The monoisotopic (exact) mass is 406 g/mol. The Morgan fingerprint density at radius 2 is 1.32 bits per heavy atom. The van der Waals surface area contributed by atoms with Crippen LogP contribution in [0.5, 0.6) is 0 Å². The highest BCUT2D eigenvalue weighted by molar-refractivity contribution is 6.31. The molecular formula is C25H18N4O2. The van der Waals surface area contributed by atoms with Crippen LogP contribution in [0.1, 0.15) is 5.56 Å². The molecule has 0 radical (unpaired) electrons. The third kappa shape index (κ3) is 3.51. The second-order valence-electron chi connectivity index (χ2n) is 7.05. The van der Waals surface area contributed by atoms with Gasteiger partial charge in [0.1, 0.15) is 5.57 Å². The van der Waals surface area contributed by atoms with E-state index >= 15 is 0 Å². The third-order valence-corrected chi connectivity index (χ3v) is 5.02. The van der Waals surface area contributed by atoms with Gasteiger partial charge >= 0.3 is 0 Å². The van der Waals surface area contributed by atoms with E-state index in [-0.39, 0.29) is 5.57 Å². The van der Waals surface area contributed by atoms with Crippen molar-refractivity contribution in [2.24, 2.45) is 0 Å². The zero-order valence-electron chi connectivity index (χ0n) is 16.5. The summed E-state index contributed by atoms with van der Waals surface area (Å²) < 4.78 is 1.75. The summed E-state index contributed by atoms with van der Waals surface area (Å²) in [5.41, 5.74) is 6.46. The van der Waals surface area contributed by atoms with Gasteiger partial charge in [-0.1, -0.05) is 66.7 Å². The number of hydrogen-bond donors (Lipinski definition) is 1. The molecule has 31 heavy (non-hydrogen) atoms. The lowest BCUT2D eigenvalue weighted by atomic mass is 10.1. The molecule has 6 heteroatoms. The zero-order valence-corrected chi connectivity index (χ0v) is 16.5. The summed E-state index contributed by atoms with van der Waals surface area (Å²) in [5.74, 6) is -0.844. The van der Waals surface area contributed by atoms with Gasteiger partial charge in [-0.3, -0.25) is 15.0 Å². The summed E-state index contributed by atoms with van der Waals surface area (Å²) >= 11 is 0. The lowest BCUT2D eigenvalue weighted by Crippen LogP contribution is -2.35. The van der Waals surface area contributed by atoms with Gasteiger partial charge in [-0.05, 0) is 30.3 Å². The van der Waals surface area contributed by atoms with E-state index in [1.54, 1.807) is 22.9 Å². The fourth-order valence-electron chi connectivity index (χ4n) is 3.50.